The summed E-state index contributed by atoms with van der Waals surface area (Å²) in [6.45, 7) is 4.19. The van der Waals surface area contributed by atoms with Crippen LogP contribution in [0.4, 0.5) is 10.1 Å². The van der Waals surface area contributed by atoms with Crippen molar-refractivity contribution in [2.75, 3.05) is 11.9 Å². The van der Waals surface area contributed by atoms with E-state index in [0.717, 1.165) is 17.0 Å². The van der Waals surface area contributed by atoms with Crippen LogP contribution in [-0.4, -0.2) is 12.2 Å². The number of hydrogen-bond acceptors (Lipinski definition) is 3. The van der Waals surface area contributed by atoms with E-state index in [0.29, 0.717) is 12.1 Å². The van der Waals surface area contributed by atoms with Crippen molar-refractivity contribution in [1.29, 1.82) is 0 Å². The number of furan rings is 1. The Kier molecular flexibility index (Phi) is 3.90. The standard InChI is InChI=1S/C15H18FNO2/c1-10(18)14-8-13(16)4-5-15(14)17(3)9-12-6-7-19-11(12)2/h4-8,10,18H,9H2,1-3H3. The third kappa shape index (κ3) is 2.96. The lowest BCUT2D eigenvalue weighted by atomic mass is 10.1. The monoisotopic (exact) mass is 263 g/mol. The summed E-state index contributed by atoms with van der Waals surface area (Å²) in [7, 11) is 1.91. The van der Waals surface area contributed by atoms with Crippen LogP contribution in [0.3, 0.4) is 0 Å². The second-order valence-electron chi connectivity index (χ2n) is 4.74. The molecule has 1 aromatic heterocycles. The van der Waals surface area contributed by atoms with Crippen LogP contribution in [0.1, 0.15) is 29.9 Å². The number of anilines is 1. The van der Waals surface area contributed by atoms with Gasteiger partial charge in [0.25, 0.3) is 0 Å². The molecule has 102 valence electrons. The highest BCUT2D eigenvalue weighted by atomic mass is 19.1. The summed E-state index contributed by atoms with van der Waals surface area (Å²) >= 11 is 0. The molecule has 0 aliphatic rings. The molecule has 2 rings (SSSR count). The maximum absolute atomic E-state index is 13.3. The molecule has 1 aromatic carbocycles. The minimum Gasteiger partial charge on any atom is -0.469 e. The summed E-state index contributed by atoms with van der Waals surface area (Å²) < 4.78 is 18.5. The Hall–Kier alpha value is -1.81. The number of benzene rings is 1. The Bertz CT molecular complexity index is 563. The van der Waals surface area contributed by atoms with Crippen molar-refractivity contribution >= 4 is 5.69 Å². The van der Waals surface area contributed by atoms with Gasteiger partial charge in [-0.25, -0.2) is 4.39 Å². The highest BCUT2D eigenvalue weighted by Gasteiger charge is 2.14. The maximum Gasteiger partial charge on any atom is 0.123 e. The molecule has 0 radical (unpaired) electrons. The fourth-order valence-corrected chi connectivity index (χ4v) is 2.12. The Morgan fingerprint density at radius 3 is 2.68 bits per heavy atom. The largest absolute Gasteiger partial charge is 0.469 e. The van der Waals surface area contributed by atoms with Gasteiger partial charge in [-0.2, -0.15) is 0 Å². The molecule has 1 atom stereocenters. The van der Waals surface area contributed by atoms with Crippen LogP contribution in [0.25, 0.3) is 0 Å². The molecular formula is C15H18FNO2. The molecule has 0 aliphatic heterocycles. The van der Waals surface area contributed by atoms with E-state index in [9.17, 15) is 9.50 Å². The normalized spacial score (nSPS) is 12.5. The van der Waals surface area contributed by atoms with Crippen LogP contribution in [-0.2, 0) is 6.54 Å². The van der Waals surface area contributed by atoms with Gasteiger partial charge in [0, 0.05) is 30.4 Å². The van der Waals surface area contributed by atoms with Crippen molar-refractivity contribution < 1.29 is 13.9 Å². The van der Waals surface area contributed by atoms with Crippen LogP contribution in [0.2, 0.25) is 0 Å². The second kappa shape index (κ2) is 5.45. The van der Waals surface area contributed by atoms with Crippen LogP contribution in [0.5, 0.6) is 0 Å². The first-order chi connectivity index (χ1) is 8.99. The number of aliphatic hydroxyl groups excluding tert-OH is 1. The minimum absolute atomic E-state index is 0.340. The fraction of sp³-hybridized carbons (Fsp3) is 0.333. The third-order valence-electron chi connectivity index (χ3n) is 3.22. The first-order valence-electron chi connectivity index (χ1n) is 6.20. The van der Waals surface area contributed by atoms with Gasteiger partial charge in [-0.05, 0) is 38.1 Å². The second-order valence-corrected chi connectivity index (χ2v) is 4.74. The van der Waals surface area contributed by atoms with Crippen molar-refractivity contribution in [2.24, 2.45) is 0 Å². The van der Waals surface area contributed by atoms with Gasteiger partial charge in [0.2, 0.25) is 0 Å². The zero-order valence-corrected chi connectivity index (χ0v) is 11.4. The van der Waals surface area contributed by atoms with Gasteiger partial charge in [-0.3, -0.25) is 0 Å². The summed E-state index contributed by atoms with van der Waals surface area (Å²) in [5, 5.41) is 9.75. The minimum atomic E-state index is -0.710. The lowest BCUT2D eigenvalue weighted by Gasteiger charge is -2.23. The lowest BCUT2D eigenvalue weighted by molar-refractivity contribution is 0.199. The molecular weight excluding hydrogens is 245 g/mol. The number of halogens is 1. The molecule has 0 amide bonds. The van der Waals surface area contributed by atoms with Crippen LogP contribution < -0.4 is 4.90 Å². The van der Waals surface area contributed by atoms with E-state index < -0.39 is 6.10 Å². The average molecular weight is 263 g/mol. The van der Waals surface area contributed by atoms with Crippen molar-refractivity contribution in [3.05, 3.63) is 53.2 Å². The van der Waals surface area contributed by atoms with E-state index in [2.05, 4.69) is 0 Å². The molecule has 4 heteroatoms. The lowest BCUT2D eigenvalue weighted by Crippen LogP contribution is -2.19. The Labute approximate surface area is 112 Å². The zero-order valence-electron chi connectivity index (χ0n) is 11.4. The molecule has 3 nitrogen and oxygen atoms in total. The highest BCUT2D eigenvalue weighted by Crippen LogP contribution is 2.28. The Morgan fingerprint density at radius 1 is 1.37 bits per heavy atom. The molecule has 0 spiro atoms. The number of nitrogens with zero attached hydrogens (tertiary/aromatic N) is 1. The fourth-order valence-electron chi connectivity index (χ4n) is 2.12. The van der Waals surface area contributed by atoms with Crippen LogP contribution in [0, 0.1) is 12.7 Å². The molecule has 1 unspecified atom stereocenters. The average Bonchev–Trinajstić information content (AvgIpc) is 2.74. The topological polar surface area (TPSA) is 36.6 Å². The third-order valence-corrected chi connectivity index (χ3v) is 3.22. The molecule has 1 heterocycles. The summed E-state index contributed by atoms with van der Waals surface area (Å²) in [4.78, 5) is 1.97. The van der Waals surface area contributed by atoms with E-state index >= 15 is 0 Å². The van der Waals surface area contributed by atoms with Crippen molar-refractivity contribution in [3.63, 3.8) is 0 Å². The van der Waals surface area contributed by atoms with Gasteiger partial charge < -0.3 is 14.4 Å². The molecule has 0 aliphatic carbocycles. The maximum atomic E-state index is 13.3. The molecule has 2 aromatic rings. The molecule has 0 saturated heterocycles. The summed E-state index contributed by atoms with van der Waals surface area (Å²) in [5.41, 5.74) is 2.48. The van der Waals surface area contributed by atoms with E-state index in [1.165, 1.54) is 12.1 Å². The number of rotatable bonds is 4. The smallest absolute Gasteiger partial charge is 0.123 e. The highest BCUT2D eigenvalue weighted by molar-refractivity contribution is 5.54. The van der Waals surface area contributed by atoms with Gasteiger partial charge in [-0.15, -0.1) is 0 Å². The number of hydrogen-bond donors (Lipinski definition) is 1. The quantitative estimate of drug-likeness (QED) is 0.918. The van der Waals surface area contributed by atoms with Crippen LogP contribution >= 0.6 is 0 Å². The molecule has 0 saturated carbocycles. The van der Waals surface area contributed by atoms with E-state index in [-0.39, 0.29) is 5.82 Å². The number of aliphatic hydroxyl groups is 1. The Morgan fingerprint density at radius 2 is 2.11 bits per heavy atom. The van der Waals surface area contributed by atoms with Gasteiger partial charge >= 0.3 is 0 Å². The molecule has 19 heavy (non-hydrogen) atoms. The van der Waals surface area contributed by atoms with E-state index in [1.54, 1.807) is 19.3 Å². The summed E-state index contributed by atoms with van der Waals surface area (Å²) in [5.74, 6) is 0.528. The summed E-state index contributed by atoms with van der Waals surface area (Å²) in [6.07, 6.45) is 0.942. The number of aryl methyl sites for hydroxylation is 1. The van der Waals surface area contributed by atoms with Gasteiger partial charge in [0.15, 0.2) is 0 Å². The van der Waals surface area contributed by atoms with Crippen molar-refractivity contribution in [2.45, 2.75) is 26.5 Å². The van der Waals surface area contributed by atoms with Crippen LogP contribution in [0.15, 0.2) is 34.9 Å². The Balaban J connectivity index is 2.28. The summed E-state index contributed by atoms with van der Waals surface area (Å²) in [6, 6.07) is 6.38. The van der Waals surface area contributed by atoms with E-state index in [4.69, 9.17) is 4.42 Å². The first-order valence-corrected chi connectivity index (χ1v) is 6.20. The molecule has 1 N–H and O–H groups in total. The van der Waals surface area contributed by atoms with Crippen molar-refractivity contribution in [3.8, 4) is 0 Å². The molecule has 0 bridgehead atoms. The van der Waals surface area contributed by atoms with Gasteiger partial charge in [0.1, 0.15) is 11.6 Å². The zero-order chi connectivity index (χ0) is 14.0. The molecule has 0 fully saturated rings. The predicted octanol–water partition coefficient (Wildman–Crippen LogP) is 3.42. The van der Waals surface area contributed by atoms with Crippen molar-refractivity contribution in [1.82, 2.24) is 0 Å². The first kappa shape index (κ1) is 13.6. The van der Waals surface area contributed by atoms with Gasteiger partial charge in [-0.1, -0.05) is 0 Å². The predicted molar refractivity (Wildman–Crippen MR) is 72.6 cm³/mol. The van der Waals surface area contributed by atoms with Gasteiger partial charge in [0.05, 0.1) is 12.4 Å². The SMILES string of the molecule is Cc1occc1CN(C)c1ccc(F)cc1C(C)O. The van der Waals surface area contributed by atoms with E-state index in [1.807, 2.05) is 24.9 Å².